The minimum absolute atomic E-state index is 0.295. The molecule has 0 fully saturated rings. The van der Waals surface area contributed by atoms with Crippen LogP contribution in [-0.2, 0) is 4.57 Å². The monoisotopic (exact) mass is 140 g/mol. The first kappa shape index (κ1) is 4.07. The van der Waals surface area contributed by atoms with Crippen molar-refractivity contribution in [3.63, 3.8) is 0 Å². The molecule has 0 saturated heterocycles. The van der Waals surface area contributed by atoms with Gasteiger partial charge in [0.05, 0.1) is 10.6 Å². The Hall–Kier alpha value is -0.820. The van der Waals surface area contributed by atoms with Crippen LogP contribution in [0.5, 0.6) is 0 Å². The summed E-state index contributed by atoms with van der Waals surface area (Å²) in [5.41, 5.74) is 0.597. The van der Waals surface area contributed by atoms with Gasteiger partial charge in [0, 0.05) is 0 Å². The van der Waals surface area contributed by atoms with Gasteiger partial charge in [-0.2, -0.15) is 0 Å². The van der Waals surface area contributed by atoms with Crippen LogP contribution in [0.1, 0.15) is 10.6 Å². The molecule has 4 heteroatoms. The molecule has 44 valence electrons. The molecule has 9 heavy (non-hydrogen) atoms. The Morgan fingerprint density at radius 3 is 2.33 bits per heavy atom. The maximum atomic E-state index is 11.1. The predicted octanol–water partition coefficient (Wildman–Crippen LogP) is -0.642. The molecule has 2 bridgehead atoms. The maximum Gasteiger partial charge on any atom is 0.214 e. The third-order valence-corrected chi connectivity index (χ3v) is 4.36. The zero-order valence-electron chi connectivity index (χ0n) is 4.25. The molecule has 0 saturated carbocycles. The number of carbonyl (C=O) groups is 1. The molecule has 3 aliphatic heterocycles. The Kier molecular flexibility index (Phi) is 0.337. The van der Waals surface area contributed by atoms with Crippen molar-refractivity contribution in [1.29, 1.82) is 0 Å². The average Bonchev–Trinajstić information content (AvgIpc) is 2.56. The Balaban J connectivity index is 2.50. The van der Waals surface area contributed by atoms with E-state index in [9.17, 15) is 9.36 Å². The second-order valence-corrected chi connectivity index (χ2v) is 4.71. The van der Waals surface area contributed by atoms with E-state index in [2.05, 4.69) is 0 Å². The summed E-state index contributed by atoms with van der Waals surface area (Å²) in [5.74, 6) is 0.295. The van der Waals surface area contributed by atoms with Gasteiger partial charge in [-0.1, -0.05) is 0 Å². The smallest absolute Gasteiger partial charge is 0.214 e. The number of hydrogen-bond donors (Lipinski definition) is 0. The first-order chi connectivity index (χ1) is 4.30. The number of furan rings is 1. The van der Waals surface area contributed by atoms with Gasteiger partial charge in [0.2, 0.25) is 7.14 Å². The maximum absolute atomic E-state index is 11.1. The summed E-state index contributed by atoms with van der Waals surface area (Å²) in [6.45, 7) is 0. The van der Waals surface area contributed by atoms with Crippen LogP contribution in [0, 0.1) is 0 Å². The fourth-order valence-corrected chi connectivity index (χ4v) is 3.68. The average molecular weight is 140 g/mol. The summed E-state index contributed by atoms with van der Waals surface area (Å²) < 4.78 is 15.9. The van der Waals surface area contributed by atoms with E-state index in [0.29, 0.717) is 22.9 Å². The first-order valence-electron chi connectivity index (χ1n) is 2.54. The standard InChI is InChI=1S/C5HO3P/c6-1-2-3-4-5(8-2)9(3,4)7/h1H. The van der Waals surface area contributed by atoms with E-state index in [1.54, 1.807) is 0 Å². The molecule has 1 aromatic rings. The van der Waals surface area contributed by atoms with Gasteiger partial charge in [0.1, 0.15) is 0 Å². The number of carbonyl (C=O) groups excluding carboxylic acids is 1. The van der Waals surface area contributed by atoms with Gasteiger partial charge in [-0.25, -0.2) is 0 Å². The van der Waals surface area contributed by atoms with Crippen molar-refractivity contribution >= 4 is 29.5 Å². The number of fused-ring (bicyclic) bond motifs is 1. The quantitative estimate of drug-likeness (QED) is 0.333. The lowest BCUT2D eigenvalue weighted by Crippen LogP contribution is -1.96. The van der Waals surface area contributed by atoms with E-state index in [1.807, 2.05) is 0 Å². The zero-order chi connectivity index (χ0) is 6.22. The molecular formula is C5HO3P. The Morgan fingerprint density at radius 2 is 2.11 bits per heavy atom. The number of rotatable bonds is 1. The third-order valence-electron chi connectivity index (χ3n) is 1.79. The molecule has 0 aliphatic carbocycles. The fraction of sp³-hybridized carbons (Fsp3) is 0. The molecule has 1 unspecified atom stereocenters. The molecule has 0 N–H and O–H groups in total. The molecule has 4 rings (SSSR count). The van der Waals surface area contributed by atoms with E-state index < -0.39 is 7.14 Å². The fourth-order valence-electron chi connectivity index (χ4n) is 1.21. The van der Waals surface area contributed by atoms with Crippen LogP contribution in [0.4, 0.5) is 0 Å². The Bertz CT molecular complexity index is 378. The molecule has 3 aliphatic rings. The van der Waals surface area contributed by atoms with E-state index in [-0.39, 0.29) is 0 Å². The van der Waals surface area contributed by atoms with Gasteiger partial charge in [0.15, 0.2) is 17.5 Å². The van der Waals surface area contributed by atoms with Gasteiger partial charge in [-0.3, -0.25) is 4.79 Å². The lowest BCUT2D eigenvalue weighted by atomic mass is 10.5. The van der Waals surface area contributed by atoms with Crippen molar-refractivity contribution in [2.45, 2.75) is 0 Å². The summed E-state index contributed by atoms with van der Waals surface area (Å²) >= 11 is 0. The van der Waals surface area contributed by atoms with Gasteiger partial charge in [-0.05, 0) is 0 Å². The molecule has 1 atom stereocenters. The number of hydrogen-bond acceptors (Lipinski definition) is 3. The highest BCUT2D eigenvalue weighted by atomic mass is 31.2. The summed E-state index contributed by atoms with van der Waals surface area (Å²) in [5, 5.41) is 1.57. The predicted molar refractivity (Wildman–Crippen MR) is 30.6 cm³/mol. The molecule has 0 amide bonds. The largest absolute Gasteiger partial charge is 0.448 e. The second kappa shape index (κ2) is 0.745. The molecule has 0 aromatic carbocycles. The lowest BCUT2D eigenvalue weighted by molar-refractivity contribution is 0.110. The molecule has 4 heterocycles. The SMILES string of the molecule is O=Cc1oc2c3c1P23=O. The highest BCUT2D eigenvalue weighted by Crippen LogP contribution is 2.68. The van der Waals surface area contributed by atoms with E-state index in [4.69, 9.17) is 4.42 Å². The van der Waals surface area contributed by atoms with Crippen molar-refractivity contribution in [3.05, 3.63) is 5.76 Å². The summed E-state index contributed by atoms with van der Waals surface area (Å²) in [6, 6.07) is 0. The van der Waals surface area contributed by atoms with Gasteiger partial charge < -0.3 is 8.98 Å². The molecule has 0 radical (unpaired) electrons. The van der Waals surface area contributed by atoms with Crippen LogP contribution < -0.4 is 16.1 Å². The van der Waals surface area contributed by atoms with Crippen molar-refractivity contribution in [3.8, 4) is 0 Å². The minimum Gasteiger partial charge on any atom is -0.448 e. The lowest BCUT2D eigenvalue weighted by Gasteiger charge is -1.67. The highest BCUT2D eigenvalue weighted by Gasteiger charge is 2.74. The van der Waals surface area contributed by atoms with Crippen molar-refractivity contribution < 1.29 is 13.8 Å². The molecular weight excluding hydrogens is 139 g/mol. The summed E-state index contributed by atoms with van der Waals surface area (Å²) in [6.07, 6.45) is 0.620. The highest BCUT2D eigenvalue weighted by molar-refractivity contribution is 8.06. The number of aldehydes is 1. The summed E-state index contributed by atoms with van der Waals surface area (Å²) in [4.78, 5) is 10.1. The normalized spacial score (nSPS) is 31.6. The van der Waals surface area contributed by atoms with Crippen LogP contribution in [0.15, 0.2) is 4.42 Å². The summed E-state index contributed by atoms with van der Waals surface area (Å²) in [7, 11) is -2.11. The third kappa shape index (κ3) is 0.198. The van der Waals surface area contributed by atoms with Gasteiger partial charge >= 0.3 is 0 Å². The topological polar surface area (TPSA) is 47.3 Å². The van der Waals surface area contributed by atoms with Crippen molar-refractivity contribution in [2.24, 2.45) is 0 Å². The van der Waals surface area contributed by atoms with Crippen LogP contribution in [0.2, 0.25) is 0 Å². The van der Waals surface area contributed by atoms with Crippen molar-refractivity contribution in [1.82, 2.24) is 0 Å². The van der Waals surface area contributed by atoms with Crippen molar-refractivity contribution in [2.75, 3.05) is 0 Å². The van der Waals surface area contributed by atoms with Gasteiger partial charge in [0.25, 0.3) is 0 Å². The van der Waals surface area contributed by atoms with Crippen LogP contribution in [0.25, 0.3) is 0 Å². The van der Waals surface area contributed by atoms with Gasteiger partial charge in [-0.15, -0.1) is 0 Å². The Morgan fingerprint density at radius 1 is 1.44 bits per heavy atom. The second-order valence-electron chi connectivity index (χ2n) is 2.20. The van der Waals surface area contributed by atoms with Crippen LogP contribution in [-0.4, -0.2) is 6.29 Å². The van der Waals surface area contributed by atoms with E-state index >= 15 is 0 Å². The van der Waals surface area contributed by atoms with Crippen LogP contribution in [0.3, 0.4) is 0 Å². The molecule has 3 nitrogen and oxygen atoms in total. The molecule has 1 aromatic heterocycles. The first-order valence-corrected chi connectivity index (χ1v) is 4.24. The Labute approximate surface area is 50.0 Å². The van der Waals surface area contributed by atoms with E-state index in [0.717, 1.165) is 5.30 Å². The van der Waals surface area contributed by atoms with Crippen LogP contribution >= 0.6 is 7.14 Å². The van der Waals surface area contributed by atoms with E-state index in [1.165, 1.54) is 0 Å². The minimum atomic E-state index is -2.11. The molecule has 0 spiro atoms. The zero-order valence-corrected chi connectivity index (χ0v) is 5.14.